The number of aliphatic imine (C=N–C) groups is 1. The molecule has 0 atom stereocenters. The second-order valence-corrected chi connectivity index (χ2v) is 6.10. The molecule has 0 spiro atoms. The van der Waals surface area contributed by atoms with Crippen molar-refractivity contribution in [1.29, 1.82) is 0 Å². The van der Waals surface area contributed by atoms with Crippen LogP contribution < -0.4 is 11.2 Å². The summed E-state index contributed by atoms with van der Waals surface area (Å²) in [5, 5.41) is 1.45. The molecule has 0 saturated heterocycles. The molecule has 2 aromatic rings. The minimum absolute atomic E-state index is 0.0661. The normalized spacial score (nSPS) is 13.2. The van der Waals surface area contributed by atoms with Crippen molar-refractivity contribution in [2.75, 3.05) is 13.2 Å². The smallest absolute Gasteiger partial charge is 0.243 e. The van der Waals surface area contributed by atoms with Crippen LogP contribution >= 0.6 is 0 Å². The Bertz CT molecular complexity index is 893. The van der Waals surface area contributed by atoms with Gasteiger partial charge in [0.15, 0.2) is 0 Å². The van der Waals surface area contributed by atoms with Crippen molar-refractivity contribution >= 4 is 23.1 Å². The zero-order chi connectivity index (χ0) is 19.4. The first-order chi connectivity index (χ1) is 13.0. The summed E-state index contributed by atoms with van der Waals surface area (Å²) in [5.41, 5.74) is 11.8. The van der Waals surface area contributed by atoms with Crippen molar-refractivity contribution in [2.45, 2.75) is 12.8 Å². The van der Waals surface area contributed by atoms with E-state index in [1.807, 2.05) is 12.1 Å². The topological polar surface area (TPSA) is 70.7 Å². The lowest BCUT2D eigenvalue weighted by Crippen LogP contribution is -2.48. The number of halogens is 2. The number of aryl methyl sites for hydroxylation is 1. The van der Waals surface area contributed by atoms with Gasteiger partial charge >= 0.3 is 0 Å². The van der Waals surface area contributed by atoms with Crippen LogP contribution in [0.4, 0.5) is 14.5 Å². The summed E-state index contributed by atoms with van der Waals surface area (Å²) in [6.45, 7) is 3.62. The van der Waals surface area contributed by atoms with Gasteiger partial charge in [0.25, 0.3) is 0 Å². The van der Waals surface area contributed by atoms with Crippen molar-refractivity contribution in [1.82, 2.24) is 10.4 Å². The SMILES string of the molecule is C=C1c2cccc(CCF)c2N=C(CN)N1NC(=O)Cc1ccc(F)cc1. The van der Waals surface area contributed by atoms with Gasteiger partial charge in [0.2, 0.25) is 5.91 Å². The third-order valence-electron chi connectivity index (χ3n) is 4.26. The first-order valence-corrected chi connectivity index (χ1v) is 8.52. The summed E-state index contributed by atoms with van der Waals surface area (Å²) in [7, 11) is 0. The molecular weight excluding hydrogens is 350 g/mol. The number of benzene rings is 2. The number of alkyl halides is 1. The molecule has 0 fully saturated rings. The van der Waals surface area contributed by atoms with Crippen LogP contribution in [0.3, 0.4) is 0 Å². The van der Waals surface area contributed by atoms with E-state index >= 15 is 0 Å². The van der Waals surface area contributed by atoms with Crippen molar-refractivity contribution in [2.24, 2.45) is 10.7 Å². The predicted molar refractivity (Wildman–Crippen MR) is 101 cm³/mol. The molecule has 3 rings (SSSR count). The van der Waals surface area contributed by atoms with Gasteiger partial charge in [0, 0.05) is 12.0 Å². The maximum Gasteiger partial charge on any atom is 0.243 e. The van der Waals surface area contributed by atoms with E-state index in [4.69, 9.17) is 5.73 Å². The van der Waals surface area contributed by atoms with Crippen molar-refractivity contribution in [3.05, 3.63) is 71.6 Å². The molecule has 1 aliphatic heterocycles. The predicted octanol–water partition coefficient (Wildman–Crippen LogP) is 2.89. The fourth-order valence-electron chi connectivity index (χ4n) is 2.94. The number of hydrogen-bond donors (Lipinski definition) is 2. The highest BCUT2D eigenvalue weighted by atomic mass is 19.1. The van der Waals surface area contributed by atoms with Gasteiger partial charge in [-0.2, -0.15) is 0 Å². The van der Waals surface area contributed by atoms with E-state index in [0.29, 0.717) is 28.3 Å². The first kappa shape index (κ1) is 18.7. The molecule has 2 aromatic carbocycles. The summed E-state index contributed by atoms with van der Waals surface area (Å²) in [4.78, 5) is 16.9. The van der Waals surface area contributed by atoms with Gasteiger partial charge in [-0.15, -0.1) is 0 Å². The van der Waals surface area contributed by atoms with Gasteiger partial charge in [0.05, 0.1) is 31.0 Å². The summed E-state index contributed by atoms with van der Waals surface area (Å²) in [6, 6.07) is 11.1. The Balaban J connectivity index is 1.82. The molecular formula is C20H20F2N4O. The highest BCUT2D eigenvalue weighted by Gasteiger charge is 2.26. The number of amidine groups is 1. The van der Waals surface area contributed by atoms with Crippen molar-refractivity contribution in [3.8, 4) is 0 Å². The Morgan fingerprint density at radius 3 is 2.63 bits per heavy atom. The largest absolute Gasteiger partial charge is 0.324 e. The van der Waals surface area contributed by atoms with E-state index in [0.717, 1.165) is 5.56 Å². The Kier molecular flexibility index (Phi) is 5.61. The number of hydrogen-bond acceptors (Lipinski definition) is 4. The van der Waals surface area contributed by atoms with Gasteiger partial charge in [0.1, 0.15) is 11.7 Å². The van der Waals surface area contributed by atoms with E-state index in [1.54, 1.807) is 18.2 Å². The third kappa shape index (κ3) is 4.03. The average molecular weight is 370 g/mol. The van der Waals surface area contributed by atoms with E-state index in [9.17, 15) is 13.6 Å². The number of nitrogens with one attached hydrogen (secondary N) is 1. The molecule has 27 heavy (non-hydrogen) atoms. The lowest BCUT2D eigenvalue weighted by atomic mass is 10.0. The Labute approximate surface area is 156 Å². The first-order valence-electron chi connectivity index (χ1n) is 8.52. The Hall–Kier alpha value is -3.06. The molecule has 0 saturated carbocycles. The number of hydrazine groups is 1. The van der Waals surface area contributed by atoms with Crippen LogP contribution in [0.2, 0.25) is 0 Å². The van der Waals surface area contributed by atoms with Gasteiger partial charge < -0.3 is 5.73 Å². The number of fused-ring (bicyclic) bond motifs is 1. The van der Waals surface area contributed by atoms with Crippen LogP contribution in [0.1, 0.15) is 16.7 Å². The van der Waals surface area contributed by atoms with Crippen LogP contribution in [0.15, 0.2) is 54.0 Å². The van der Waals surface area contributed by atoms with E-state index in [-0.39, 0.29) is 31.1 Å². The third-order valence-corrected chi connectivity index (χ3v) is 4.26. The number of carbonyl (C=O) groups excluding carboxylic acids is 1. The van der Waals surface area contributed by atoms with Crippen LogP contribution in [0, 0.1) is 5.82 Å². The quantitative estimate of drug-likeness (QED) is 0.821. The number of rotatable bonds is 6. The molecule has 1 amide bonds. The molecule has 0 bridgehead atoms. The molecule has 0 aliphatic carbocycles. The zero-order valence-electron chi connectivity index (χ0n) is 14.7. The minimum Gasteiger partial charge on any atom is -0.324 e. The maximum absolute atomic E-state index is 13.0. The lowest BCUT2D eigenvalue weighted by Gasteiger charge is -2.32. The highest BCUT2D eigenvalue weighted by molar-refractivity contribution is 6.00. The van der Waals surface area contributed by atoms with E-state index in [1.165, 1.54) is 17.1 Å². The van der Waals surface area contributed by atoms with E-state index < -0.39 is 6.67 Å². The summed E-state index contributed by atoms with van der Waals surface area (Å²) in [6.07, 6.45) is 0.311. The second kappa shape index (κ2) is 8.09. The van der Waals surface area contributed by atoms with Crippen LogP contribution in [-0.4, -0.2) is 30.0 Å². The standard InChI is InChI=1S/C20H20F2N4O/c1-13-17-4-2-3-15(9-10-21)20(17)24-18(12-23)26(13)25-19(27)11-14-5-7-16(22)8-6-14/h2-8H,1,9-12,23H2,(H,25,27). The van der Waals surface area contributed by atoms with Gasteiger partial charge in [-0.3, -0.25) is 14.6 Å². The Morgan fingerprint density at radius 2 is 1.96 bits per heavy atom. The van der Waals surface area contributed by atoms with Crippen LogP contribution in [0.25, 0.3) is 5.70 Å². The number of nitrogens with two attached hydrogens (primary N) is 1. The molecule has 140 valence electrons. The number of amides is 1. The van der Waals surface area contributed by atoms with Crippen molar-refractivity contribution < 1.29 is 13.6 Å². The van der Waals surface area contributed by atoms with Crippen molar-refractivity contribution in [3.63, 3.8) is 0 Å². The average Bonchev–Trinajstić information content (AvgIpc) is 2.66. The monoisotopic (exact) mass is 370 g/mol. The summed E-state index contributed by atoms with van der Waals surface area (Å²) >= 11 is 0. The molecule has 7 heteroatoms. The molecule has 1 heterocycles. The maximum atomic E-state index is 13.0. The highest BCUT2D eigenvalue weighted by Crippen LogP contribution is 2.35. The summed E-state index contributed by atoms with van der Waals surface area (Å²) in [5.74, 6) is -0.264. The molecule has 0 radical (unpaired) electrons. The number of para-hydroxylation sites is 1. The van der Waals surface area contributed by atoms with Crippen LogP contribution in [-0.2, 0) is 17.6 Å². The van der Waals surface area contributed by atoms with Crippen LogP contribution in [0.5, 0.6) is 0 Å². The van der Waals surface area contributed by atoms with E-state index in [2.05, 4.69) is 17.0 Å². The zero-order valence-corrected chi connectivity index (χ0v) is 14.7. The van der Waals surface area contributed by atoms with Gasteiger partial charge in [-0.25, -0.2) is 14.4 Å². The molecule has 5 nitrogen and oxygen atoms in total. The minimum atomic E-state index is -0.492. The molecule has 0 aromatic heterocycles. The second-order valence-electron chi connectivity index (χ2n) is 6.10. The fourth-order valence-corrected chi connectivity index (χ4v) is 2.94. The number of nitrogens with zero attached hydrogens (tertiary/aromatic N) is 2. The molecule has 1 aliphatic rings. The fraction of sp³-hybridized carbons (Fsp3) is 0.200. The Morgan fingerprint density at radius 1 is 1.22 bits per heavy atom. The molecule has 0 unspecified atom stereocenters. The van der Waals surface area contributed by atoms with Gasteiger partial charge in [-0.05, 0) is 23.3 Å². The van der Waals surface area contributed by atoms with Gasteiger partial charge in [-0.1, -0.05) is 36.9 Å². The number of carbonyl (C=O) groups is 1. The molecule has 3 N–H and O–H groups in total. The summed E-state index contributed by atoms with van der Waals surface area (Å²) < 4.78 is 25.8. The lowest BCUT2D eigenvalue weighted by molar-refractivity contribution is -0.122.